The molecule has 0 saturated carbocycles. The Morgan fingerprint density at radius 2 is 2.13 bits per heavy atom. The third-order valence-electron chi connectivity index (χ3n) is 2.57. The molecule has 3 nitrogen and oxygen atoms in total. The Kier molecular flexibility index (Phi) is 5.61. The van der Waals surface area contributed by atoms with E-state index in [1.165, 1.54) is 0 Å². The first-order valence-electron chi connectivity index (χ1n) is 5.42. The Morgan fingerprint density at radius 1 is 1.40 bits per heavy atom. The molecule has 0 unspecified atom stereocenters. The minimum Gasteiger partial charge on any atom is -0.353 e. The quantitative estimate of drug-likeness (QED) is 0.746. The van der Waals surface area contributed by atoms with Gasteiger partial charge in [-0.3, -0.25) is 0 Å². The van der Waals surface area contributed by atoms with Crippen LogP contribution in [0.1, 0.15) is 26.7 Å². The number of alkyl halides is 1. The van der Waals surface area contributed by atoms with Gasteiger partial charge in [0.1, 0.15) is 12.1 Å². The smallest absolute Gasteiger partial charge is 0.132 e. The molecule has 0 aliphatic heterocycles. The van der Waals surface area contributed by atoms with Crippen molar-refractivity contribution < 1.29 is 0 Å². The first-order valence-corrected chi connectivity index (χ1v) is 6.54. The molecule has 0 atom stereocenters. The first kappa shape index (κ1) is 12.4. The Balaban J connectivity index is 2.81. The van der Waals surface area contributed by atoms with Gasteiger partial charge in [-0.05, 0) is 18.9 Å². The van der Waals surface area contributed by atoms with Crippen LogP contribution < -0.4 is 4.90 Å². The average molecular weight is 272 g/mol. The zero-order chi connectivity index (χ0) is 11.1. The highest BCUT2D eigenvalue weighted by molar-refractivity contribution is 9.09. The Labute approximate surface area is 100 Å². The molecule has 0 aliphatic carbocycles. The van der Waals surface area contributed by atoms with Crippen LogP contribution in [-0.4, -0.2) is 27.9 Å². The van der Waals surface area contributed by atoms with Crippen LogP contribution in [0.3, 0.4) is 0 Å². The minimum absolute atomic E-state index is 0.567. The summed E-state index contributed by atoms with van der Waals surface area (Å²) in [5.41, 5.74) is 0. The molecule has 4 heteroatoms. The van der Waals surface area contributed by atoms with Crippen molar-refractivity contribution in [2.75, 3.05) is 16.8 Å². The number of aromatic nitrogens is 2. The van der Waals surface area contributed by atoms with Crippen LogP contribution >= 0.6 is 15.9 Å². The summed E-state index contributed by atoms with van der Waals surface area (Å²) in [5.74, 6) is 1.03. The van der Waals surface area contributed by atoms with Gasteiger partial charge in [0.25, 0.3) is 0 Å². The van der Waals surface area contributed by atoms with Crippen molar-refractivity contribution in [1.29, 1.82) is 0 Å². The lowest BCUT2D eigenvalue weighted by molar-refractivity contribution is 0.563. The van der Waals surface area contributed by atoms with Crippen molar-refractivity contribution in [2.24, 2.45) is 0 Å². The van der Waals surface area contributed by atoms with E-state index in [-0.39, 0.29) is 0 Å². The maximum atomic E-state index is 4.31. The molecule has 0 saturated heterocycles. The van der Waals surface area contributed by atoms with E-state index in [2.05, 4.69) is 44.6 Å². The largest absolute Gasteiger partial charge is 0.353 e. The van der Waals surface area contributed by atoms with Gasteiger partial charge in [0.15, 0.2) is 0 Å². The molecule has 1 aromatic heterocycles. The summed E-state index contributed by atoms with van der Waals surface area (Å²) in [4.78, 5) is 10.6. The second-order valence-electron chi connectivity index (χ2n) is 3.42. The summed E-state index contributed by atoms with van der Waals surface area (Å²) < 4.78 is 0. The third kappa shape index (κ3) is 3.45. The fourth-order valence-electron chi connectivity index (χ4n) is 1.76. The van der Waals surface area contributed by atoms with Crippen LogP contribution in [-0.2, 0) is 0 Å². The average Bonchev–Trinajstić information content (AvgIpc) is 2.30. The Bertz CT molecular complexity index is 262. The standard InChI is InChI=1S/C11H18BrN3/c1-3-10(4-2)15(8-6-12)11-5-7-13-9-14-11/h5,7,9-10H,3-4,6,8H2,1-2H3. The number of hydrogen-bond acceptors (Lipinski definition) is 3. The zero-order valence-corrected chi connectivity index (χ0v) is 10.9. The van der Waals surface area contributed by atoms with E-state index in [0.717, 1.165) is 30.5 Å². The topological polar surface area (TPSA) is 29.0 Å². The molecule has 0 bridgehead atoms. The van der Waals surface area contributed by atoms with Crippen LogP contribution in [0.2, 0.25) is 0 Å². The highest BCUT2D eigenvalue weighted by Crippen LogP contribution is 2.17. The van der Waals surface area contributed by atoms with Gasteiger partial charge in [-0.2, -0.15) is 0 Å². The Morgan fingerprint density at radius 3 is 2.60 bits per heavy atom. The molecule has 0 spiro atoms. The van der Waals surface area contributed by atoms with E-state index in [4.69, 9.17) is 0 Å². The zero-order valence-electron chi connectivity index (χ0n) is 9.36. The Hall–Kier alpha value is -0.640. The SMILES string of the molecule is CCC(CC)N(CCBr)c1ccncn1. The van der Waals surface area contributed by atoms with Crippen molar-refractivity contribution in [2.45, 2.75) is 32.7 Å². The van der Waals surface area contributed by atoms with Crippen molar-refractivity contribution in [3.8, 4) is 0 Å². The van der Waals surface area contributed by atoms with Crippen LogP contribution in [0.25, 0.3) is 0 Å². The number of halogens is 1. The first-order chi connectivity index (χ1) is 7.33. The highest BCUT2D eigenvalue weighted by atomic mass is 79.9. The third-order valence-corrected chi connectivity index (χ3v) is 2.92. The summed E-state index contributed by atoms with van der Waals surface area (Å²) in [6.07, 6.45) is 5.70. The number of anilines is 1. The lowest BCUT2D eigenvalue weighted by Crippen LogP contribution is -2.36. The summed E-state index contributed by atoms with van der Waals surface area (Å²) in [6, 6.07) is 2.54. The van der Waals surface area contributed by atoms with Gasteiger partial charge >= 0.3 is 0 Å². The summed E-state index contributed by atoms with van der Waals surface area (Å²) in [7, 11) is 0. The number of hydrogen-bond donors (Lipinski definition) is 0. The minimum atomic E-state index is 0.567. The lowest BCUT2D eigenvalue weighted by atomic mass is 10.1. The molecular weight excluding hydrogens is 254 g/mol. The van der Waals surface area contributed by atoms with E-state index < -0.39 is 0 Å². The maximum Gasteiger partial charge on any atom is 0.132 e. The van der Waals surface area contributed by atoms with Gasteiger partial charge in [0.05, 0.1) is 0 Å². The van der Waals surface area contributed by atoms with E-state index >= 15 is 0 Å². The van der Waals surface area contributed by atoms with Crippen molar-refractivity contribution >= 4 is 21.7 Å². The van der Waals surface area contributed by atoms with Crippen LogP contribution in [0, 0.1) is 0 Å². The van der Waals surface area contributed by atoms with Gasteiger partial charge in [-0.1, -0.05) is 29.8 Å². The van der Waals surface area contributed by atoms with Crippen molar-refractivity contribution in [3.05, 3.63) is 18.6 Å². The van der Waals surface area contributed by atoms with E-state index in [1.807, 2.05) is 6.07 Å². The van der Waals surface area contributed by atoms with Crippen molar-refractivity contribution in [1.82, 2.24) is 9.97 Å². The van der Waals surface area contributed by atoms with Gasteiger partial charge in [0.2, 0.25) is 0 Å². The van der Waals surface area contributed by atoms with E-state index in [9.17, 15) is 0 Å². The molecule has 1 heterocycles. The normalized spacial score (nSPS) is 10.7. The molecule has 15 heavy (non-hydrogen) atoms. The van der Waals surface area contributed by atoms with E-state index in [0.29, 0.717) is 6.04 Å². The summed E-state index contributed by atoms with van der Waals surface area (Å²) in [6.45, 7) is 5.43. The van der Waals surface area contributed by atoms with Crippen molar-refractivity contribution in [3.63, 3.8) is 0 Å². The summed E-state index contributed by atoms with van der Waals surface area (Å²) in [5, 5.41) is 0.966. The molecule has 84 valence electrons. The molecular formula is C11H18BrN3. The molecule has 0 aliphatic rings. The summed E-state index contributed by atoms with van der Waals surface area (Å²) >= 11 is 3.49. The number of rotatable bonds is 6. The molecule has 0 radical (unpaired) electrons. The molecule has 0 fully saturated rings. The fourth-order valence-corrected chi connectivity index (χ4v) is 2.14. The van der Waals surface area contributed by atoms with Gasteiger partial charge in [-0.25, -0.2) is 9.97 Å². The second-order valence-corrected chi connectivity index (χ2v) is 4.21. The fraction of sp³-hybridized carbons (Fsp3) is 0.636. The molecule has 0 aromatic carbocycles. The van der Waals surface area contributed by atoms with Crippen LogP contribution in [0.5, 0.6) is 0 Å². The molecule has 1 aromatic rings. The van der Waals surface area contributed by atoms with Gasteiger partial charge in [0, 0.05) is 24.1 Å². The number of nitrogens with zero attached hydrogens (tertiary/aromatic N) is 3. The lowest BCUT2D eigenvalue weighted by Gasteiger charge is -2.30. The molecule has 1 rings (SSSR count). The van der Waals surface area contributed by atoms with Gasteiger partial charge in [-0.15, -0.1) is 0 Å². The molecule has 0 N–H and O–H groups in total. The maximum absolute atomic E-state index is 4.31. The highest BCUT2D eigenvalue weighted by Gasteiger charge is 2.15. The van der Waals surface area contributed by atoms with Crippen LogP contribution in [0.15, 0.2) is 18.6 Å². The molecule has 0 amide bonds. The van der Waals surface area contributed by atoms with Gasteiger partial charge < -0.3 is 4.90 Å². The predicted octanol–water partition coefficient (Wildman–Crippen LogP) is 2.87. The van der Waals surface area contributed by atoms with Crippen LogP contribution in [0.4, 0.5) is 5.82 Å². The van der Waals surface area contributed by atoms with E-state index in [1.54, 1.807) is 12.5 Å². The predicted molar refractivity (Wildman–Crippen MR) is 67.5 cm³/mol. The second kappa shape index (κ2) is 6.77. The monoisotopic (exact) mass is 271 g/mol.